The number of aromatic nitrogens is 4. The molecule has 0 bridgehead atoms. The van der Waals surface area contributed by atoms with Gasteiger partial charge in [-0.05, 0) is 13.3 Å². The summed E-state index contributed by atoms with van der Waals surface area (Å²) < 4.78 is 7.06. The van der Waals surface area contributed by atoms with Crippen molar-refractivity contribution < 1.29 is 20.1 Å². The van der Waals surface area contributed by atoms with E-state index in [2.05, 4.69) is 26.8 Å². The van der Waals surface area contributed by atoms with Gasteiger partial charge in [-0.25, -0.2) is 15.0 Å². The van der Waals surface area contributed by atoms with E-state index in [4.69, 9.17) is 17.0 Å². The smallest absolute Gasteiger partial charge is 0.168 e. The fraction of sp³-hybridized carbons (Fsp3) is 0.500. The van der Waals surface area contributed by atoms with Crippen LogP contribution in [0.15, 0.2) is 18.5 Å². The first kappa shape index (κ1) is 18.8. The number of thiocarbonyl (C=S) groups is 1. The van der Waals surface area contributed by atoms with E-state index < -0.39 is 31.1 Å². The standard InChI is InChI=1S/C16H21N5O4S/c1-8(2)3-4-17-14-11-15(20-10(6-26)19-14)21(7-18-11)16-13(24)12(23)9(5-22)25-16/h6-7,9,12-13,16,22-24H,1,3-5H2,2H3,(H,17,19,20)/t9-,12-,13-,16-/m1/s1. The summed E-state index contributed by atoms with van der Waals surface area (Å²) in [5.74, 6) is 0.830. The van der Waals surface area contributed by atoms with Crippen LogP contribution in [0.1, 0.15) is 25.4 Å². The van der Waals surface area contributed by atoms with Gasteiger partial charge in [0.2, 0.25) is 0 Å². The Morgan fingerprint density at radius 3 is 2.81 bits per heavy atom. The Hall–Kier alpha value is -1.98. The van der Waals surface area contributed by atoms with E-state index in [1.807, 2.05) is 6.92 Å². The minimum atomic E-state index is -1.23. The second-order valence-corrected chi connectivity index (χ2v) is 6.47. The molecule has 0 spiro atoms. The molecular formula is C16H21N5O4S. The first-order chi connectivity index (χ1) is 12.5. The molecule has 0 saturated carbocycles. The number of nitrogens with one attached hydrogen (secondary N) is 1. The van der Waals surface area contributed by atoms with Crippen LogP contribution in [-0.4, -0.2) is 71.7 Å². The molecule has 9 nitrogen and oxygen atoms in total. The predicted molar refractivity (Wildman–Crippen MR) is 99.0 cm³/mol. The van der Waals surface area contributed by atoms with Gasteiger partial charge in [0, 0.05) is 11.9 Å². The summed E-state index contributed by atoms with van der Waals surface area (Å²) in [6.45, 7) is 6.02. The number of hydrogen-bond donors (Lipinski definition) is 4. The first-order valence-electron chi connectivity index (χ1n) is 8.16. The van der Waals surface area contributed by atoms with Gasteiger partial charge in [0.15, 0.2) is 29.0 Å². The zero-order valence-corrected chi connectivity index (χ0v) is 15.1. The summed E-state index contributed by atoms with van der Waals surface area (Å²) in [5.41, 5.74) is 1.93. The Bertz CT molecular complexity index is 826. The van der Waals surface area contributed by atoms with E-state index in [1.165, 1.54) is 16.3 Å². The van der Waals surface area contributed by atoms with Crippen LogP contribution in [0.2, 0.25) is 0 Å². The van der Waals surface area contributed by atoms with Crippen molar-refractivity contribution in [1.82, 2.24) is 19.5 Å². The van der Waals surface area contributed by atoms with Crippen LogP contribution < -0.4 is 5.32 Å². The third kappa shape index (κ3) is 3.46. The van der Waals surface area contributed by atoms with Gasteiger partial charge in [-0.3, -0.25) is 4.57 Å². The molecule has 0 radical (unpaired) electrons. The second kappa shape index (κ2) is 7.72. The summed E-state index contributed by atoms with van der Waals surface area (Å²) in [7, 11) is 0. The Labute approximate surface area is 155 Å². The van der Waals surface area contributed by atoms with Crippen LogP contribution in [0.4, 0.5) is 5.82 Å². The van der Waals surface area contributed by atoms with Gasteiger partial charge in [-0.15, -0.1) is 6.58 Å². The Morgan fingerprint density at radius 1 is 1.42 bits per heavy atom. The van der Waals surface area contributed by atoms with Crippen LogP contribution in [0.25, 0.3) is 11.2 Å². The van der Waals surface area contributed by atoms with Crippen LogP contribution in [0.3, 0.4) is 0 Å². The number of ether oxygens (including phenoxy) is 1. The molecule has 2 aromatic heterocycles. The fourth-order valence-corrected chi connectivity index (χ4v) is 2.91. The van der Waals surface area contributed by atoms with Gasteiger partial charge in [0.1, 0.15) is 18.3 Å². The van der Waals surface area contributed by atoms with Crippen molar-refractivity contribution in [3.05, 3.63) is 24.3 Å². The number of rotatable bonds is 7. The lowest BCUT2D eigenvalue weighted by molar-refractivity contribution is -0.0511. The third-order valence-electron chi connectivity index (χ3n) is 4.18. The largest absolute Gasteiger partial charge is 0.394 e. The van der Waals surface area contributed by atoms with Crippen molar-refractivity contribution in [3.8, 4) is 0 Å². The summed E-state index contributed by atoms with van der Waals surface area (Å²) in [6, 6.07) is 0. The van der Waals surface area contributed by atoms with Gasteiger partial charge >= 0.3 is 0 Å². The van der Waals surface area contributed by atoms with Crippen molar-refractivity contribution >= 4 is 34.6 Å². The highest BCUT2D eigenvalue weighted by atomic mass is 32.1. The number of hydrogen-bond acceptors (Lipinski definition) is 9. The molecule has 26 heavy (non-hydrogen) atoms. The maximum absolute atomic E-state index is 10.3. The first-order valence-corrected chi connectivity index (χ1v) is 8.63. The molecule has 1 aliphatic rings. The molecule has 1 aliphatic heterocycles. The second-order valence-electron chi connectivity index (χ2n) is 6.24. The number of imidazole rings is 1. The number of anilines is 1. The topological polar surface area (TPSA) is 126 Å². The molecule has 1 saturated heterocycles. The molecule has 0 amide bonds. The zero-order valence-electron chi connectivity index (χ0n) is 14.2. The molecular weight excluding hydrogens is 358 g/mol. The molecule has 0 aliphatic carbocycles. The van der Waals surface area contributed by atoms with Gasteiger partial charge < -0.3 is 25.4 Å². The van der Waals surface area contributed by atoms with Gasteiger partial charge in [0.25, 0.3) is 0 Å². The van der Waals surface area contributed by atoms with Crippen molar-refractivity contribution in [1.29, 1.82) is 0 Å². The number of aliphatic hydroxyl groups excluding tert-OH is 3. The number of fused-ring (bicyclic) bond motifs is 1. The highest BCUT2D eigenvalue weighted by Crippen LogP contribution is 2.32. The summed E-state index contributed by atoms with van der Waals surface area (Å²) in [4.78, 5) is 13.0. The van der Waals surface area contributed by atoms with Crippen LogP contribution in [0, 0.1) is 0 Å². The average Bonchev–Trinajstić information content (AvgIpc) is 3.16. The van der Waals surface area contributed by atoms with E-state index in [1.54, 1.807) is 0 Å². The molecule has 3 rings (SSSR count). The molecule has 140 valence electrons. The van der Waals surface area contributed by atoms with Crippen LogP contribution >= 0.6 is 12.2 Å². The molecule has 1 fully saturated rings. The third-order valence-corrected chi connectivity index (χ3v) is 4.39. The fourth-order valence-electron chi connectivity index (χ4n) is 2.80. The summed E-state index contributed by atoms with van der Waals surface area (Å²) in [5, 5.41) is 34.0. The lowest BCUT2D eigenvalue weighted by atomic mass is 10.1. The van der Waals surface area contributed by atoms with Crippen LogP contribution in [0.5, 0.6) is 0 Å². The maximum atomic E-state index is 10.3. The zero-order chi connectivity index (χ0) is 18.8. The molecule has 10 heteroatoms. The van der Waals surface area contributed by atoms with E-state index >= 15 is 0 Å². The van der Waals surface area contributed by atoms with Crippen molar-refractivity contribution in [2.75, 3.05) is 18.5 Å². The van der Waals surface area contributed by atoms with Crippen molar-refractivity contribution in [2.24, 2.45) is 0 Å². The molecule has 0 aromatic carbocycles. The van der Waals surface area contributed by atoms with Crippen molar-refractivity contribution in [3.63, 3.8) is 0 Å². The predicted octanol–water partition coefficient (Wildman–Crippen LogP) is 0.164. The SMILES string of the molecule is C=C(C)CCNc1nc(C=S)nc2c1ncn2[C@@H]1O[C@H](CO)[C@@H](O)[C@H]1O. The molecule has 0 unspecified atom stereocenters. The Balaban J connectivity index is 1.98. The van der Waals surface area contributed by atoms with E-state index in [0.29, 0.717) is 29.4 Å². The van der Waals surface area contributed by atoms with Crippen molar-refractivity contribution in [2.45, 2.75) is 37.9 Å². The van der Waals surface area contributed by atoms with E-state index in [9.17, 15) is 15.3 Å². The monoisotopic (exact) mass is 379 g/mol. The highest BCUT2D eigenvalue weighted by Gasteiger charge is 2.44. The molecule has 4 N–H and O–H groups in total. The minimum absolute atomic E-state index is 0.318. The van der Waals surface area contributed by atoms with Gasteiger partial charge in [-0.2, -0.15) is 0 Å². The molecule has 2 aromatic rings. The summed E-state index contributed by atoms with van der Waals surface area (Å²) >= 11 is 4.95. The lowest BCUT2D eigenvalue weighted by Crippen LogP contribution is -2.33. The van der Waals surface area contributed by atoms with Gasteiger partial charge in [-0.1, -0.05) is 17.8 Å². The highest BCUT2D eigenvalue weighted by molar-refractivity contribution is 7.79. The van der Waals surface area contributed by atoms with Gasteiger partial charge in [0.05, 0.1) is 12.9 Å². The lowest BCUT2D eigenvalue weighted by Gasteiger charge is -2.16. The van der Waals surface area contributed by atoms with E-state index in [0.717, 1.165) is 12.0 Å². The maximum Gasteiger partial charge on any atom is 0.168 e. The quantitative estimate of drug-likeness (QED) is 0.393. The molecule has 3 heterocycles. The number of aliphatic hydroxyl groups is 3. The average molecular weight is 379 g/mol. The number of nitrogens with zero attached hydrogens (tertiary/aromatic N) is 4. The Kier molecular flexibility index (Phi) is 5.58. The molecule has 4 atom stereocenters. The minimum Gasteiger partial charge on any atom is -0.394 e. The normalized spacial score (nSPS) is 25.5. The van der Waals surface area contributed by atoms with E-state index in [-0.39, 0.29) is 0 Å². The van der Waals surface area contributed by atoms with Crippen LogP contribution in [-0.2, 0) is 4.74 Å². The summed E-state index contributed by atoms with van der Waals surface area (Å²) in [6.07, 6.45) is -2.02. The Morgan fingerprint density at radius 2 is 2.19 bits per heavy atom.